The first-order valence-electron chi connectivity index (χ1n) is 6.92. The van der Waals surface area contributed by atoms with Crippen LogP contribution in [0.3, 0.4) is 0 Å². The minimum atomic E-state index is 0.524. The lowest BCUT2D eigenvalue weighted by atomic mass is 10.0. The molecule has 2 aromatic heterocycles. The van der Waals surface area contributed by atoms with Crippen LogP contribution in [0.5, 0.6) is 0 Å². The standard InChI is InChI=1S/C14H22N4S/c1-4-11(3)12(15-5-2)10-19-14-17-16-13-8-6-7-9-18(13)14/h6-9,11-12,15H,4-5,10H2,1-3H3. The maximum atomic E-state index is 4.26. The van der Waals surface area contributed by atoms with Gasteiger partial charge in [0.05, 0.1) is 0 Å². The van der Waals surface area contributed by atoms with Gasteiger partial charge in [0.2, 0.25) is 0 Å². The average molecular weight is 278 g/mol. The second-order valence-corrected chi connectivity index (χ2v) is 5.76. The fourth-order valence-corrected chi connectivity index (χ4v) is 3.22. The Morgan fingerprint density at radius 1 is 1.32 bits per heavy atom. The number of nitrogens with one attached hydrogen (secondary N) is 1. The third-order valence-corrected chi connectivity index (χ3v) is 4.53. The molecule has 2 atom stereocenters. The second kappa shape index (κ2) is 6.91. The summed E-state index contributed by atoms with van der Waals surface area (Å²) in [5.74, 6) is 1.70. The Morgan fingerprint density at radius 3 is 2.89 bits per heavy atom. The summed E-state index contributed by atoms with van der Waals surface area (Å²) in [4.78, 5) is 0. The summed E-state index contributed by atoms with van der Waals surface area (Å²) in [6.07, 6.45) is 3.21. The zero-order valence-corrected chi connectivity index (χ0v) is 12.7. The summed E-state index contributed by atoms with van der Waals surface area (Å²) < 4.78 is 2.05. The van der Waals surface area contributed by atoms with Gasteiger partial charge in [-0.25, -0.2) is 0 Å². The van der Waals surface area contributed by atoms with Crippen molar-refractivity contribution in [1.29, 1.82) is 0 Å². The Labute approximate surface area is 119 Å². The van der Waals surface area contributed by atoms with E-state index in [1.165, 1.54) is 6.42 Å². The summed E-state index contributed by atoms with van der Waals surface area (Å²) in [5, 5.41) is 13.0. The maximum Gasteiger partial charge on any atom is 0.195 e. The van der Waals surface area contributed by atoms with Gasteiger partial charge in [-0.1, -0.05) is 45.0 Å². The molecule has 2 heterocycles. The number of pyridine rings is 1. The Morgan fingerprint density at radius 2 is 2.16 bits per heavy atom. The summed E-state index contributed by atoms with van der Waals surface area (Å²) >= 11 is 1.78. The number of hydrogen-bond acceptors (Lipinski definition) is 4. The maximum absolute atomic E-state index is 4.26. The number of aromatic nitrogens is 3. The smallest absolute Gasteiger partial charge is 0.195 e. The van der Waals surface area contributed by atoms with Crippen LogP contribution >= 0.6 is 11.8 Å². The molecule has 2 aromatic rings. The molecule has 0 fully saturated rings. The van der Waals surface area contributed by atoms with Crippen LogP contribution in [0.4, 0.5) is 0 Å². The number of hydrogen-bond donors (Lipinski definition) is 1. The van der Waals surface area contributed by atoms with Crippen molar-refractivity contribution in [2.45, 2.75) is 38.4 Å². The Kier molecular flexibility index (Phi) is 5.22. The predicted molar refractivity (Wildman–Crippen MR) is 80.6 cm³/mol. The minimum Gasteiger partial charge on any atom is -0.313 e. The molecule has 4 nitrogen and oxygen atoms in total. The van der Waals surface area contributed by atoms with E-state index in [-0.39, 0.29) is 0 Å². The van der Waals surface area contributed by atoms with Crippen LogP contribution in [0.15, 0.2) is 29.6 Å². The topological polar surface area (TPSA) is 42.2 Å². The van der Waals surface area contributed by atoms with Crippen molar-refractivity contribution in [2.24, 2.45) is 5.92 Å². The zero-order chi connectivity index (χ0) is 13.7. The van der Waals surface area contributed by atoms with E-state index in [0.717, 1.165) is 23.1 Å². The highest BCUT2D eigenvalue weighted by atomic mass is 32.2. The second-order valence-electron chi connectivity index (χ2n) is 4.77. The van der Waals surface area contributed by atoms with Crippen LogP contribution in [-0.4, -0.2) is 32.9 Å². The van der Waals surface area contributed by atoms with Crippen LogP contribution in [0.1, 0.15) is 27.2 Å². The van der Waals surface area contributed by atoms with Crippen molar-refractivity contribution in [3.63, 3.8) is 0 Å². The largest absolute Gasteiger partial charge is 0.313 e. The van der Waals surface area contributed by atoms with Gasteiger partial charge in [0, 0.05) is 18.0 Å². The molecule has 0 aliphatic rings. The molecule has 0 aromatic carbocycles. The Balaban J connectivity index is 2.04. The molecule has 19 heavy (non-hydrogen) atoms. The fourth-order valence-electron chi connectivity index (χ4n) is 2.05. The van der Waals surface area contributed by atoms with E-state index < -0.39 is 0 Å². The van der Waals surface area contributed by atoms with Crippen molar-refractivity contribution >= 4 is 17.4 Å². The first-order valence-corrected chi connectivity index (χ1v) is 7.90. The van der Waals surface area contributed by atoms with E-state index >= 15 is 0 Å². The van der Waals surface area contributed by atoms with E-state index in [9.17, 15) is 0 Å². The van der Waals surface area contributed by atoms with E-state index in [2.05, 4.69) is 36.3 Å². The molecule has 1 N–H and O–H groups in total. The first-order chi connectivity index (χ1) is 9.26. The molecule has 0 spiro atoms. The number of nitrogens with zero attached hydrogens (tertiary/aromatic N) is 3. The van der Waals surface area contributed by atoms with Crippen molar-refractivity contribution in [3.8, 4) is 0 Å². The van der Waals surface area contributed by atoms with Crippen LogP contribution in [0.2, 0.25) is 0 Å². The molecule has 0 saturated heterocycles. The van der Waals surface area contributed by atoms with Crippen LogP contribution in [0.25, 0.3) is 5.65 Å². The van der Waals surface area contributed by atoms with Crippen LogP contribution in [-0.2, 0) is 0 Å². The monoisotopic (exact) mass is 278 g/mol. The van der Waals surface area contributed by atoms with Gasteiger partial charge in [-0.05, 0) is 24.6 Å². The van der Waals surface area contributed by atoms with E-state index in [4.69, 9.17) is 0 Å². The molecule has 0 radical (unpaired) electrons. The molecule has 5 heteroatoms. The minimum absolute atomic E-state index is 0.524. The van der Waals surface area contributed by atoms with Crippen molar-refractivity contribution in [3.05, 3.63) is 24.4 Å². The van der Waals surface area contributed by atoms with E-state index in [1.807, 2.05) is 28.8 Å². The van der Waals surface area contributed by atoms with E-state index in [1.54, 1.807) is 11.8 Å². The van der Waals surface area contributed by atoms with Crippen LogP contribution < -0.4 is 5.32 Å². The number of fused-ring (bicyclic) bond motifs is 1. The predicted octanol–water partition coefficient (Wildman–Crippen LogP) is 2.85. The average Bonchev–Trinajstić information content (AvgIpc) is 2.86. The summed E-state index contributed by atoms with van der Waals surface area (Å²) in [6.45, 7) is 7.71. The third kappa shape index (κ3) is 3.48. The molecule has 0 amide bonds. The quantitative estimate of drug-likeness (QED) is 0.791. The lowest BCUT2D eigenvalue weighted by Gasteiger charge is -2.23. The summed E-state index contributed by atoms with van der Waals surface area (Å²) in [6, 6.07) is 6.50. The van der Waals surface area contributed by atoms with Gasteiger partial charge in [0.1, 0.15) is 0 Å². The molecule has 2 rings (SSSR count). The number of rotatable bonds is 7. The normalized spacial score (nSPS) is 14.7. The zero-order valence-electron chi connectivity index (χ0n) is 11.8. The highest BCUT2D eigenvalue weighted by molar-refractivity contribution is 7.99. The molecule has 0 aliphatic carbocycles. The van der Waals surface area contributed by atoms with Crippen molar-refractivity contribution in [2.75, 3.05) is 12.3 Å². The molecule has 0 bridgehead atoms. The molecular formula is C14H22N4S. The fraction of sp³-hybridized carbons (Fsp3) is 0.571. The van der Waals surface area contributed by atoms with E-state index in [0.29, 0.717) is 12.0 Å². The van der Waals surface area contributed by atoms with Crippen molar-refractivity contribution in [1.82, 2.24) is 19.9 Å². The van der Waals surface area contributed by atoms with Gasteiger partial charge >= 0.3 is 0 Å². The highest BCUT2D eigenvalue weighted by Gasteiger charge is 2.16. The number of thioether (sulfide) groups is 1. The molecule has 2 unspecified atom stereocenters. The molecular weight excluding hydrogens is 256 g/mol. The summed E-state index contributed by atoms with van der Waals surface area (Å²) in [5.41, 5.74) is 0.911. The summed E-state index contributed by atoms with van der Waals surface area (Å²) in [7, 11) is 0. The Hall–Kier alpha value is -1.07. The lowest BCUT2D eigenvalue weighted by molar-refractivity contribution is 0.403. The SMILES string of the molecule is CCNC(CSc1nnc2ccccn12)C(C)CC. The third-order valence-electron chi connectivity index (χ3n) is 3.47. The molecule has 0 saturated carbocycles. The van der Waals surface area contributed by atoms with Gasteiger partial charge in [0.25, 0.3) is 0 Å². The van der Waals surface area contributed by atoms with Gasteiger partial charge in [-0.2, -0.15) is 0 Å². The van der Waals surface area contributed by atoms with Crippen molar-refractivity contribution < 1.29 is 0 Å². The molecule has 104 valence electrons. The lowest BCUT2D eigenvalue weighted by Crippen LogP contribution is -2.36. The van der Waals surface area contributed by atoms with Gasteiger partial charge in [0.15, 0.2) is 10.8 Å². The Bertz CT molecular complexity index is 511. The first kappa shape index (κ1) is 14.3. The van der Waals surface area contributed by atoms with Gasteiger partial charge in [-0.15, -0.1) is 10.2 Å². The van der Waals surface area contributed by atoms with Crippen LogP contribution in [0, 0.1) is 5.92 Å². The van der Waals surface area contributed by atoms with Gasteiger partial charge < -0.3 is 5.32 Å². The molecule has 0 aliphatic heterocycles. The van der Waals surface area contributed by atoms with Gasteiger partial charge in [-0.3, -0.25) is 4.40 Å². The highest BCUT2D eigenvalue weighted by Crippen LogP contribution is 2.20.